The second-order valence-electron chi connectivity index (χ2n) is 5.36. The Morgan fingerprint density at radius 3 is 2.40 bits per heavy atom. The molecule has 0 atom stereocenters. The average molecular weight is 314 g/mol. The molecule has 0 saturated carbocycles. The molecule has 108 valence electrons. The van der Waals surface area contributed by atoms with Crippen molar-refractivity contribution in [1.82, 2.24) is 0 Å². The van der Waals surface area contributed by atoms with Crippen molar-refractivity contribution >= 4 is 33.1 Å². The first-order valence-corrected chi connectivity index (χ1v) is 8.68. The van der Waals surface area contributed by atoms with Gasteiger partial charge in [0, 0.05) is 10.7 Å². The van der Waals surface area contributed by atoms with Crippen LogP contribution in [-0.2, 0) is 9.84 Å². The van der Waals surface area contributed by atoms with Gasteiger partial charge in [0.15, 0.2) is 15.8 Å². The summed E-state index contributed by atoms with van der Waals surface area (Å²) in [4.78, 5) is 6.30. The van der Waals surface area contributed by atoms with Gasteiger partial charge in [0.1, 0.15) is 0 Å². The normalized spacial score (nSPS) is 23.9. The van der Waals surface area contributed by atoms with Crippen molar-refractivity contribution in [2.24, 2.45) is 10.7 Å². The molecule has 1 aromatic rings. The lowest BCUT2D eigenvalue weighted by molar-refractivity contribution is 0.409. The number of halogens is 1. The number of rotatable bonds is 1. The topological polar surface area (TPSA) is 75.8 Å². The van der Waals surface area contributed by atoms with E-state index in [1.807, 2.05) is 17.0 Å². The maximum Gasteiger partial charge on any atom is 0.196 e. The summed E-state index contributed by atoms with van der Waals surface area (Å²) >= 11 is 5.91. The molecule has 0 aromatic heterocycles. The number of hydrogen-bond donors (Lipinski definition) is 1. The van der Waals surface area contributed by atoms with Crippen molar-refractivity contribution in [3.05, 3.63) is 29.3 Å². The fourth-order valence-corrected chi connectivity index (χ4v) is 4.62. The van der Waals surface area contributed by atoms with E-state index in [2.05, 4.69) is 4.99 Å². The summed E-state index contributed by atoms with van der Waals surface area (Å²) in [6, 6.07) is 7.38. The van der Waals surface area contributed by atoms with Crippen molar-refractivity contribution in [1.29, 1.82) is 0 Å². The lowest BCUT2D eigenvalue weighted by atomic mass is 9.90. The number of sulfone groups is 1. The average Bonchev–Trinajstić information content (AvgIpc) is 2.73. The quantitative estimate of drug-likeness (QED) is 0.851. The molecule has 0 radical (unpaired) electrons. The van der Waals surface area contributed by atoms with Crippen LogP contribution in [0.1, 0.15) is 12.8 Å². The van der Waals surface area contributed by atoms with Gasteiger partial charge in [0.25, 0.3) is 0 Å². The third-order valence-corrected chi connectivity index (χ3v) is 5.98. The van der Waals surface area contributed by atoms with Gasteiger partial charge in [-0.25, -0.2) is 8.42 Å². The Bertz CT molecular complexity index is 641. The van der Waals surface area contributed by atoms with Crippen molar-refractivity contribution in [3.63, 3.8) is 0 Å². The summed E-state index contributed by atoms with van der Waals surface area (Å²) in [5.74, 6) is 0.839. The van der Waals surface area contributed by atoms with Gasteiger partial charge in [0.2, 0.25) is 0 Å². The molecule has 3 rings (SSSR count). The van der Waals surface area contributed by atoms with Crippen molar-refractivity contribution in [3.8, 4) is 0 Å². The Balaban J connectivity index is 1.95. The molecule has 2 aliphatic rings. The second-order valence-corrected chi connectivity index (χ2v) is 8.10. The number of nitrogens with zero attached hydrogens (tertiary/aromatic N) is 2. The van der Waals surface area contributed by atoms with Crippen LogP contribution in [0, 0.1) is 0 Å². The van der Waals surface area contributed by atoms with E-state index in [0.29, 0.717) is 30.4 Å². The fraction of sp³-hybridized carbons (Fsp3) is 0.462. The predicted octanol–water partition coefficient (Wildman–Crippen LogP) is 1.42. The summed E-state index contributed by atoms with van der Waals surface area (Å²) < 4.78 is 23.3. The summed E-state index contributed by atoms with van der Waals surface area (Å²) in [5, 5.41) is 0.656. The molecule has 1 saturated heterocycles. The minimum absolute atomic E-state index is 0.194. The summed E-state index contributed by atoms with van der Waals surface area (Å²) in [6.07, 6.45) is 1.12. The van der Waals surface area contributed by atoms with E-state index in [1.165, 1.54) is 0 Å². The molecule has 0 bridgehead atoms. The minimum atomic E-state index is -2.92. The molecule has 0 aliphatic carbocycles. The van der Waals surface area contributed by atoms with Gasteiger partial charge in [-0.3, -0.25) is 4.99 Å². The number of nitrogens with two attached hydrogens (primary N) is 1. The van der Waals surface area contributed by atoms with Crippen LogP contribution in [0.25, 0.3) is 0 Å². The number of hydrogen-bond acceptors (Lipinski definition) is 5. The zero-order chi connectivity index (χ0) is 14.4. The van der Waals surface area contributed by atoms with E-state index in [4.69, 9.17) is 17.3 Å². The highest BCUT2D eigenvalue weighted by Gasteiger charge is 2.46. The first-order valence-electron chi connectivity index (χ1n) is 6.48. The first-order chi connectivity index (χ1) is 9.42. The lowest BCUT2D eigenvalue weighted by Crippen LogP contribution is -2.55. The molecule has 1 aromatic carbocycles. The maximum absolute atomic E-state index is 11.7. The number of aliphatic imine (C=N–C) groups is 1. The van der Waals surface area contributed by atoms with Gasteiger partial charge < -0.3 is 10.6 Å². The van der Waals surface area contributed by atoms with Crippen LogP contribution in [0.3, 0.4) is 0 Å². The first kappa shape index (κ1) is 13.7. The molecule has 5 nitrogen and oxygen atoms in total. The molecule has 0 unspecified atom stereocenters. The monoisotopic (exact) mass is 313 g/mol. The SMILES string of the molecule is NC1=NCC2(CCS(=O)(=O)CC2)N1c1ccc(Cl)cc1. The number of benzene rings is 1. The van der Waals surface area contributed by atoms with Crippen molar-refractivity contribution in [2.75, 3.05) is 23.0 Å². The molecule has 2 heterocycles. The van der Waals surface area contributed by atoms with Crippen molar-refractivity contribution < 1.29 is 8.42 Å². The van der Waals surface area contributed by atoms with Crippen LogP contribution in [0.15, 0.2) is 29.3 Å². The smallest absolute Gasteiger partial charge is 0.196 e. The summed E-state index contributed by atoms with van der Waals surface area (Å²) in [5.41, 5.74) is 6.62. The highest BCUT2D eigenvalue weighted by molar-refractivity contribution is 7.91. The Labute approximate surface area is 123 Å². The minimum Gasteiger partial charge on any atom is -0.369 e. The fourth-order valence-electron chi connectivity index (χ4n) is 2.91. The lowest BCUT2D eigenvalue weighted by Gasteiger charge is -2.41. The van der Waals surface area contributed by atoms with Gasteiger partial charge in [-0.05, 0) is 37.1 Å². The summed E-state index contributed by atoms with van der Waals surface area (Å²) in [7, 11) is -2.92. The highest BCUT2D eigenvalue weighted by atomic mass is 35.5. The van der Waals surface area contributed by atoms with E-state index in [9.17, 15) is 8.42 Å². The summed E-state index contributed by atoms with van der Waals surface area (Å²) in [6.45, 7) is 0.553. The van der Waals surface area contributed by atoms with E-state index in [-0.39, 0.29) is 17.0 Å². The molecule has 1 spiro atoms. The standard InChI is InChI=1S/C13H16ClN3O2S/c14-10-1-3-11(4-2-10)17-12(15)16-9-13(17)5-7-20(18,19)8-6-13/h1-4H,5-9H2,(H2,15,16). The Kier molecular flexibility index (Phi) is 3.17. The van der Waals surface area contributed by atoms with E-state index in [1.54, 1.807) is 12.1 Å². The zero-order valence-corrected chi connectivity index (χ0v) is 12.5. The van der Waals surface area contributed by atoms with Gasteiger partial charge in [-0.1, -0.05) is 11.6 Å². The largest absolute Gasteiger partial charge is 0.369 e. The predicted molar refractivity (Wildman–Crippen MR) is 81.0 cm³/mol. The third kappa shape index (κ3) is 2.27. The zero-order valence-electron chi connectivity index (χ0n) is 10.9. The van der Waals surface area contributed by atoms with Crippen LogP contribution < -0.4 is 10.6 Å². The second kappa shape index (κ2) is 4.63. The molecule has 1 fully saturated rings. The Hall–Kier alpha value is -1.27. The van der Waals surface area contributed by atoms with Gasteiger partial charge in [-0.15, -0.1) is 0 Å². The van der Waals surface area contributed by atoms with E-state index in [0.717, 1.165) is 5.69 Å². The molecule has 20 heavy (non-hydrogen) atoms. The van der Waals surface area contributed by atoms with Crippen LogP contribution in [0.4, 0.5) is 5.69 Å². The number of guanidine groups is 1. The molecular weight excluding hydrogens is 298 g/mol. The van der Waals surface area contributed by atoms with Gasteiger partial charge >= 0.3 is 0 Å². The van der Waals surface area contributed by atoms with Gasteiger partial charge in [-0.2, -0.15) is 0 Å². The van der Waals surface area contributed by atoms with E-state index < -0.39 is 9.84 Å². The van der Waals surface area contributed by atoms with Crippen LogP contribution in [0.5, 0.6) is 0 Å². The Morgan fingerprint density at radius 2 is 1.80 bits per heavy atom. The molecular formula is C13H16ClN3O2S. The molecule has 7 heteroatoms. The van der Waals surface area contributed by atoms with Crippen LogP contribution >= 0.6 is 11.6 Å². The third-order valence-electron chi connectivity index (χ3n) is 4.08. The molecule has 2 aliphatic heterocycles. The van der Waals surface area contributed by atoms with E-state index >= 15 is 0 Å². The maximum atomic E-state index is 11.7. The van der Waals surface area contributed by atoms with Crippen molar-refractivity contribution in [2.45, 2.75) is 18.4 Å². The molecule has 0 amide bonds. The van der Waals surface area contributed by atoms with Crippen LogP contribution in [-0.4, -0.2) is 38.0 Å². The highest BCUT2D eigenvalue weighted by Crippen LogP contribution is 2.37. The number of anilines is 1. The molecule has 2 N–H and O–H groups in total. The Morgan fingerprint density at radius 1 is 1.20 bits per heavy atom. The van der Waals surface area contributed by atoms with Crippen LogP contribution in [0.2, 0.25) is 5.02 Å². The van der Waals surface area contributed by atoms with Gasteiger partial charge in [0.05, 0.1) is 23.6 Å².